The third kappa shape index (κ3) is 5.38. The first-order valence-corrected chi connectivity index (χ1v) is 7.86. The van der Waals surface area contributed by atoms with E-state index in [0.717, 1.165) is 0 Å². The molecule has 0 spiro atoms. The van der Waals surface area contributed by atoms with E-state index in [1.807, 2.05) is 0 Å². The number of hydrogen-bond donors (Lipinski definition) is 2. The molecule has 0 atom stereocenters. The van der Waals surface area contributed by atoms with Crippen LogP contribution in [0.1, 0.15) is 17.5 Å². The number of halogens is 1. The predicted octanol–water partition coefficient (Wildman–Crippen LogP) is 3.04. The van der Waals surface area contributed by atoms with Crippen molar-refractivity contribution in [3.05, 3.63) is 68.7 Å². The molecule has 0 saturated heterocycles. The van der Waals surface area contributed by atoms with Crippen LogP contribution in [0.3, 0.4) is 0 Å². The summed E-state index contributed by atoms with van der Waals surface area (Å²) in [5.41, 5.74) is 3.52. The SMILES string of the molecule is Cc1ccc(C=NNC(=O)CC(=O)Nc2ccccc2Cl)cc1[N+](=O)[O-]. The molecule has 0 aliphatic carbocycles. The molecule has 0 fully saturated rings. The normalized spacial score (nSPS) is 10.5. The highest BCUT2D eigenvalue weighted by Gasteiger charge is 2.11. The predicted molar refractivity (Wildman–Crippen MR) is 98.3 cm³/mol. The Morgan fingerprint density at radius 2 is 1.96 bits per heavy atom. The molecule has 0 radical (unpaired) electrons. The zero-order valence-corrected chi connectivity index (χ0v) is 14.5. The summed E-state index contributed by atoms with van der Waals surface area (Å²) in [4.78, 5) is 33.9. The number of nitro benzene ring substituents is 1. The van der Waals surface area contributed by atoms with Gasteiger partial charge in [0.1, 0.15) is 6.42 Å². The summed E-state index contributed by atoms with van der Waals surface area (Å²) in [5, 5.41) is 17.5. The van der Waals surface area contributed by atoms with Gasteiger partial charge >= 0.3 is 0 Å². The molecule has 9 heteroatoms. The minimum atomic E-state index is -0.632. The molecular formula is C17H15ClN4O4. The van der Waals surface area contributed by atoms with Crippen LogP contribution in [0, 0.1) is 17.0 Å². The van der Waals surface area contributed by atoms with E-state index < -0.39 is 23.2 Å². The lowest BCUT2D eigenvalue weighted by molar-refractivity contribution is -0.385. The van der Waals surface area contributed by atoms with E-state index in [0.29, 0.717) is 21.8 Å². The number of carbonyl (C=O) groups excluding carboxylic acids is 2. The number of aryl methyl sites for hydroxylation is 1. The van der Waals surface area contributed by atoms with Gasteiger partial charge in [0.25, 0.3) is 5.69 Å². The maximum atomic E-state index is 11.8. The Kier molecular flexibility index (Phi) is 6.40. The molecule has 26 heavy (non-hydrogen) atoms. The minimum absolute atomic E-state index is 0.0422. The summed E-state index contributed by atoms with van der Waals surface area (Å²) < 4.78 is 0. The van der Waals surface area contributed by atoms with Gasteiger partial charge in [0.2, 0.25) is 11.8 Å². The molecule has 2 aromatic carbocycles. The van der Waals surface area contributed by atoms with Crippen LogP contribution in [0.25, 0.3) is 0 Å². The van der Waals surface area contributed by atoms with Crippen LogP contribution < -0.4 is 10.7 Å². The number of amides is 2. The van der Waals surface area contributed by atoms with E-state index in [4.69, 9.17) is 11.6 Å². The Balaban J connectivity index is 1.89. The molecule has 2 rings (SSSR count). The van der Waals surface area contributed by atoms with Gasteiger partial charge in [-0.1, -0.05) is 35.9 Å². The molecular weight excluding hydrogens is 360 g/mol. The fourth-order valence-electron chi connectivity index (χ4n) is 2.02. The van der Waals surface area contributed by atoms with Crippen molar-refractivity contribution < 1.29 is 14.5 Å². The lowest BCUT2D eigenvalue weighted by Crippen LogP contribution is -2.24. The number of hydrazone groups is 1. The second kappa shape index (κ2) is 8.72. The van der Waals surface area contributed by atoms with Gasteiger partial charge in [-0.05, 0) is 19.1 Å². The van der Waals surface area contributed by atoms with E-state index in [-0.39, 0.29) is 5.69 Å². The second-order valence-electron chi connectivity index (χ2n) is 5.30. The fraction of sp³-hybridized carbons (Fsp3) is 0.118. The Morgan fingerprint density at radius 1 is 1.23 bits per heavy atom. The largest absolute Gasteiger partial charge is 0.324 e. The Hall–Kier alpha value is -3.26. The highest BCUT2D eigenvalue weighted by molar-refractivity contribution is 6.33. The Labute approximate surface area is 154 Å². The van der Waals surface area contributed by atoms with E-state index in [9.17, 15) is 19.7 Å². The zero-order chi connectivity index (χ0) is 19.1. The molecule has 0 heterocycles. The van der Waals surface area contributed by atoms with Gasteiger partial charge in [-0.3, -0.25) is 19.7 Å². The second-order valence-corrected chi connectivity index (χ2v) is 5.71. The lowest BCUT2D eigenvalue weighted by atomic mass is 10.1. The van der Waals surface area contributed by atoms with Gasteiger partial charge in [0.05, 0.1) is 21.8 Å². The number of benzene rings is 2. The zero-order valence-electron chi connectivity index (χ0n) is 13.7. The van der Waals surface area contributed by atoms with Crippen molar-refractivity contribution in [2.45, 2.75) is 13.3 Å². The topological polar surface area (TPSA) is 114 Å². The third-order valence-corrected chi connectivity index (χ3v) is 3.63. The van der Waals surface area contributed by atoms with Crippen molar-refractivity contribution in [3.8, 4) is 0 Å². The van der Waals surface area contributed by atoms with Gasteiger partial charge in [-0.15, -0.1) is 0 Å². The standard InChI is InChI=1S/C17H15ClN4O4/c1-11-6-7-12(8-15(11)22(25)26)10-19-21-17(24)9-16(23)20-14-5-3-2-4-13(14)18/h2-8,10H,9H2,1H3,(H,20,23)(H,21,24). The molecule has 2 aromatic rings. The van der Waals surface area contributed by atoms with Gasteiger partial charge in [-0.2, -0.15) is 5.10 Å². The average molecular weight is 375 g/mol. The van der Waals surface area contributed by atoms with Gasteiger partial charge < -0.3 is 5.32 Å². The number of hydrogen-bond acceptors (Lipinski definition) is 5. The van der Waals surface area contributed by atoms with Crippen LogP contribution >= 0.6 is 11.6 Å². The number of nitro groups is 1. The van der Waals surface area contributed by atoms with Crippen LogP contribution in [0.5, 0.6) is 0 Å². The van der Waals surface area contributed by atoms with Gasteiger partial charge in [-0.25, -0.2) is 5.43 Å². The number of carbonyl (C=O) groups is 2. The van der Waals surface area contributed by atoms with Crippen LogP contribution in [0.15, 0.2) is 47.6 Å². The monoisotopic (exact) mass is 374 g/mol. The van der Waals surface area contributed by atoms with Gasteiger partial charge in [0, 0.05) is 17.2 Å². The summed E-state index contributed by atoms with van der Waals surface area (Å²) >= 11 is 5.92. The molecule has 2 N–H and O–H groups in total. The van der Waals surface area contributed by atoms with Crippen molar-refractivity contribution >= 4 is 41.0 Å². The summed E-state index contributed by atoms with van der Waals surface area (Å²) in [6.07, 6.45) is 0.812. The molecule has 8 nitrogen and oxygen atoms in total. The third-order valence-electron chi connectivity index (χ3n) is 3.30. The van der Waals surface area contributed by atoms with E-state index in [1.54, 1.807) is 43.3 Å². The number of nitrogens with zero attached hydrogens (tertiary/aromatic N) is 2. The van der Waals surface area contributed by atoms with Crippen molar-refractivity contribution in [1.82, 2.24) is 5.43 Å². The Bertz CT molecular complexity index is 883. The van der Waals surface area contributed by atoms with Crippen LogP contribution in [0.2, 0.25) is 5.02 Å². The molecule has 134 valence electrons. The smallest absolute Gasteiger partial charge is 0.272 e. The minimum Gasteiger partial charge on any atom is -0.324 e. The first kappa shape index (κ1) is 19.1. The quantitative estimate of drug-likeness (QED) is 0.350. The summed E-state index contributed by atoms with van der Waals surface area (Å²) in [5.74, 6) is -1.18. The average Bonchev–Trinajstić information content (AvgIpc) is 2.58. The molecule has 0 bridgehead atoms. The number of anilines is 1. The van der Waals surface area contributed by atoms with Crippen molar-refractivity contribution in [3.63, 3.8) is 0 Å². The Morgan fingerprint density at radius 3 is 2.65 bits per heavy atom. The van der Waals surface area contributed by atoms with Crippen LogP contribution in [-0.4, -0.2) is 23.0 Å². The molecule has 0 unspecified atom stereocenters. The van der Waals surface area contributed by atoms with E-state index >= 15 is 0 Å². The maximum Gasteiger partial charge on any atom is 0.272 e. The summed E-state index contributed by atoms with van der Waals surface area (Å²) in [6.45, 7) is 1.62. The molecule has 0 saturated carbocycles. The highest BCUT2D eigenvalue weighted by atomic mass is 35.5. The van der Waals surface area contributed by atoms with E-state index in [1.165, 1.54) is 12.3 Å². The lowest BCUT2D eigenvalue weighted by Gasteiger charge is -2.06. The van der Waals surface area contributed by atoms with E-state index in [2.05, 4.69) is 15.8 Å². The van der Waals surface area contributed by atoms with Crippen molar-refractivity contribution in [2.75, 3.05) is 5.32 Å². The highest BCUT2D eigenvalue weighted by Crippen LogP contribution is 2.20. The maximum absolute atomic E-state index is 11.8. The first-order valence-electron chi connectivity index (χ1n) is 7.48. The molecule has 0 aliphatic heterocycles. The number of rotatable bonds is 6. The van der Waals surface area contributed by atoms with Crippen LogP contribution in [0.4, 0.5) is 11.4 Å². The summed E-state index contributed by atoms with van der Waals surface area (Å²) in [6, 6.07) is 11.2. The molecule has 0 aromatic heterocycles. The van der Waals surface area contributed by atoms with Crippen molar-refractivity contribution in [1.29, 1.82) is 0 Å². The van der Waals surface area contributed by atoms with Crippen molar-refractivity contribution in [2.24, 2.45) is 5.10 Å². The van der Waals surface area contributed by atoms with Gasteiger partial charge in [0.15, 0.2) is 0 Å². The summed E-state index contributed by atoms with van der Waals surface area (Å²) in [7, 11) is 0. The first-order chi connectivity index (χ1) is 12.4. The number of para-hydroxylation sites is 1. The fourth-order valence-corrected chi connectivity index (χ4v) is 2.21. The van der Waals surface area contributed by atoms with Crippen LogP contribution in [-0.2, 0) is 9.59 Å². The number of nitrogens with one attached hydrogen (secondary N) is 2. The molecule has 2 amide bonds. The molecule has 0 aliphatic rings.